The topological polar surface area (TPSA) is 78.8 Å². The number of benzene rings is 1. The van der Waals surface area contributed by atoms with Crippen LogP contribution in [0, 0.1) is 0 Å². The van der Waals surface area contributed by atoms with Gasteiger partial charge in [0.15, 0.2) is 6.40 Å². The predicted molar refractivity (Wildman–Crippen MR) is 110 cm³/mol. The van der Waals surface area contributed by atoms with E-state index >= 15 is 0 Å². The number of ether oxygens (including phenoxy) is 1. The average molecular weight is 393 g/mol. The molecule has 0 aliphatic carbocycles. The first kappa shape index (κ1) is 20.7. The van der Waals surface area contributed by atoms with Gasteiger partial charge in [0.2, 0.25) is 5.22 Å². The molecule has 1 heterocycles. The molecule has 0 bridgehead atoms. The average Bonchev–Trinajstić information content (AvgIpc) is 3.07. The fourth-order valence-electron chi connectivity index (χ4n) is 2.47. The number of anilines is 2. The Morgan fingerprint density at radius 3 is 2.37 bits per heavy atom. The van der Waals surface area contributed by atoms with Gasteiger partial charge in [-0.3, -0.25) is 0 Å². The van der Waals surface area contributed by atoms with Gasteiger partial charge in [-0.1, -0.05) is 5.11 Å². The van der Waals surface area contributed by atoms with Crippen molar-refractivity contribution in [3.63, 3.8) is 0 Å². The third-order valence-corrected chi connectivity index (χ3v) is 3.97. The van der Waals surface area contributed by atoms with Crippen LogP contribution in [-0.2, 0) is 4.74 Å². The number of aromatic nitrogens is 1. The molecular formula is C18H25ClN6O2. The third kappa shape index (κ3) is 5.43. The molecule has 1 aromatic carbocycles. The van der Waals surface area contributed by atoms with Crippen molar-refractivity contribution in [2.75, 3.05) is 43.6 Å². The van der Waals surface area contributed by atoms with Crippen LogP contribution < -0.4 is 9.80 Å². The fourth-order valence-corrected chi connectivity index (χ4v) is 2.59. The molecule has 2 aromatic rings. The van der Waals surface area contributed by atoms with Crippen molar-refractivity contribution in [1.29, 1.82) is 0 Å². The Bertz CT molecular complexity index is 799. The van der Waals surface area contributed by atoms with Gasteiger partial charge >= 0.3 is 6.01 Å². The lowest BCUT2D eigenvalue weighted by atomic mass is 10.1. The maximum atomic E-state index is 5.73. The first-order chi connectivity index (χ1) is 13.0. The molecule has 0 saturated carbocycles. The Morgan fingerprint density at radius 1 is 1.11 bits per heavy atom. The summed E-state index contributed by atoms with van der Waals surface area (Å²) < 4.78 is 10.4. The quantitative estimate of drug-likeness (QED) is 0.326. The van der Waals surface area contributed by atoms with E-state index in [4.69, 9.17) is 20.8 Å². The molecule has 27 heavy (non-hydrogen) atoms. The minimum absolute atomic E-state index is 0.0824. The molecule has 8 nitrogen and oxygen atoms in total. The summed E-state index contributed by atoms with van der Waals surface area (Å²) in [6.45, 7) is 8.42. The molecule has 1 aromatic heterocycles. The van der Waals surface area contributed by atoms with E-state index in [2.05, 4.69) is 39.0 Å². The van der Waals surface area contributed by atoms with Crippen LogP contribution in [0.4, 0.5) is 28.8 Å². The Morgan fingerprint density at radius 2 is 1.81 bits per heavy atom. The summed E-state index contributed by atoms with van der Waals surface area (Å²) in [5.41, 5.74) is 3.28. The molecule has 9 heteroatoms. The van der Waals surface area contributed by atoms with Crippen LogP contribution in [0.5, 0.6) is 0 Å². The zero-order valence-corrected chi connectivity index (χ0v) is 17.1. The van der Waals surface area contributed by atoms with E-state index in [0.717, 1.165) is 24.5 Å². The lowest BCUT2D eigenvalue weighted by Gasteiger charge is -2.27. The van der Waals surface area contributed by atoms with Gasteiger partial charge in [0.05, 0.1) is 29.9 Å². The zero-order valence-electron chi connectivity index (χ0n) is 16.3. The van der Waals surface area contributed by atoms with Crippen molar-refractivity contribution < 1.29 is 9.15 Å². The Labute approximate surface area is 164 Å². The van der Waals surface area contributed by atoms with E-state index in [0.29, 0.717) is 18.0 Å². The van der Waals surface area contributed by atoms with Crippen molar-refractivity contribution >= 4 is 46.8 Å². The number of rotatable bonds is 9. The molecular weight excluding hydrogens is 368 g/mol. The number of aliphatic imine (C=N–C) groups is 1. The fraction of sp³-hybridized carbons (Fsp3) is 0.444. The lowest BCUT2D eigenvalue weighted by Crippen LogP contribution is -2.24. The summed E-state index contributed by atoms with van der Waals surface area (Å²) >= 11 is 5.73. The summed E-state index contributed by atoms with van der Waals surface area (Å²) in [5, 5.41) is 8.43. The molecule has 0 radical (unpaired) electrons. The molecule has 146 valence electrons. The van der Waals surface area contributed by atoms with Gasteiger partial charge in [0, 0.05) is 27.2 Å². The summed E-state index contributed by atoms with van der Waals surface area (Å²) in [6, 6.07) is 3.99. The molecule has 0 fully saturated rings. The molecule has 0 aliphatic heterocycles. The third-order valence-electron chi connectivity index (χ3n) is 3.80. The maximum absolute atomic E-state index is 5.73. The summed E-state index contributed by atoms with van der Waals surface area (Å²) in [5.74, 6) is 0. The highest BCUT2D eigenvalue weighted by Crippen LogP contribution is 2.40. The lowest BCUT2D eigenvalue weighted by molar-refractivity contribution is 0.344. The van der Waals surface area contributed by atoms with Crippen LogP contribution in [0.15, 0.2) is 38.0 Å². The molecule has 0 N–H and O–H groups in total. The van der Waals surface area contributed by atoms with E-state index in [9.17, 15) is 0 Å². The van der Waals surface area contributed by atoms with Crippen molar-refractivity contribution in [2.45, 2.75) is 20.8 Å². The van der Waals surface area contributed by atoms with E-state index in [1.54, 1.807) is 0 Å². The second kappa shape index (κ2) is 9.91. The highest BCUT2D eigenvalue weighted by Gasteiger charge is 2.15. The number of halogens is 1. The standard InChI is InChI=1S/C18H25ClN6O2/c1-6-25(7-2)16-9-13(21-12-26-8-3)14(10-15(16)24(4)5)22-23-18-20-11-17(19)27-18/h9-12H,6-8H2,1-5H3/b21-12+,23-22?. The second-order valence-corrected chi connectivity index (χ2v) is 6.11. The molecule has 0 amide bonds. The Hall–Kier alpha value is -2.61. The number of azo groups is 1. The van der Waals surface area contributed by atoms with Gasteiger partial charge in [-0.25, -0.2) is 4.99 Å². The van der Waals surface area contributed by atoms with Gasteiger partial charge in [-0.15, -0.1) is 5.11 Å². The smallest absolute Gasteiger partial charge is 0.342 e. The van der Waals surface area contributed by atoms with Gasteiger partial charge in [0.1, 0.15) is 5.69 Å². The first-order valence-electron chi connectivity index (χ1n) is 8.77. The predicted octanol–water partition coefficient (Wildman–Crippen LogP) is 5.35. The van der Waals surface area contributed by atoms with E-state index < -0.39 is 0 Å². The molecule has 0 atom stereocenters. The SMILES string of the molecule is CCO/C=N/c1cc(N(CC)CC)c(N(C)C)cc1N=Nc1ncc(Cl)o1. The molecule has 2 rings (SSSR count). The van der Waals surface area contributed by atoms with Crippen molar-refractivity contribution in [3.05, 3.63) is 23.5 Å². The molecule has 0 aliphatic rings. The van der Waals surface area contributed by atoms with Crippen LogP contribution in [0.25, 0.3) is 0 Å². The van der Waals surface area contributed by atoms with E-state index in [1.165, 1.54) is 12.6 Å². The van der Waals surface area contributed by atoms with Crippen LogP contribution >= 0.6 is 11.6 Å². The van der Waals surface area contributed by atoms with Crippen molar-refractivity contribution in [3.8, 4) is 0 Å². The van der Waals surface area contributed by atoms with E-state index in [1.807, 2.05) is 38.1 Å². The van der Waals surface area contributed by atoms with Gasteiger partial charge < -0.3 is 19.0 Å². The number of nitrogens with zero attached hydrogens (tertiary/aromatic N) is 6. The van der Waals surface area contributed by atoms with Gasteiger partial charge in [-0.2, -0.15) is 4.98 Å². The normalized spacial score (nSPS) is 11.5. The highest BCUT2D eigenvalue weighted by molar-refractivity contribution is 6.28. The molecule has 0 unspecified atom stereocenters. The van der Waals surface area contributed by atoms with Gasteiger partial charge in [0.25, 0.3) is 0 Å². The Balaban J connectivity index is 2.54. The minimum atomic E-state index is 0.0824. The van der Waals surface area contributed by atoms with Crippen LogP contribution in [-0.4, -0.2) is 45.2 Å². The largest absolute Gasteiger partial charge is 0.483 e. The van der Waals surface area contributed by atoms with Crippen molar-refractivity contribution in [2.24, 2.45) is 15.2 Å². The second-order valence-electron chi connectivity index (χ2n) is 5.73. The maximum Gasteiger partial charge on any atom is 0.342 e. The molecule has 0 saturated heterocycles. The van der Waals surface area contributed by atoms with E-state index in [-0.39, 0.29) is 11.2 Å². The summed E-state index contributed by atoms with van der Waals surface area (Å²) in [7, 11) is 3.97. The number of hydrogen-bond donors (Lipinski definition) is 0. The zero-order chi connectivity index (χ0) is 19.8. The Kier molecular flexibility index (Phi) is 7.60. The highest BCUT2D eigenvalue weighted by atomic mass is 35.5. The van der Waals surface area contributed by atoms with Crippen LogP contribution in [0.2, 0.25) is 5.22 Å². The van der Waals surface area contributed by atoms with Crippen LogP contribution in [0.3, 0.4) is 0 Å². The number of hydrogen-bond acceptors (Lipinski definition) is 8. The molecule has 0 spiro atoms. The number of oxazole rings is 1. The minimum Gasteiger partial charge on any atom is -0.483 e. The van der Waals surface area contributed by atoms with Gasteiger partial charge in [-0.05, 0) is 44.5 Å². The van der Waals surface area contributed by atoms with Crippen LogP contribution in [0.1, 0.15) is 20.8 Å². The summed E-state index contributed by atoms with van der Waals surface area (Å²) in [6.07, 6.45) is 2.79. The first-order valence-corrected chi connectivity index (χ1v) is 9.15. The summed E-state index contributed by atoms with van der Waals surface area (Å²) in [4.78, 5) is 12.6. The van der Waals surface area contributed by atoms with Crippen molar-refractivity contribution in [1.82, 2.24) is 4.98 Å². The monoisotopic (exact) mass is 392 g/mol.